The maximum Gasteiger partial charge on any atom is 0.131 e. The van der Waals surface area contributed by atoms with Crippen molar-refractivity contribution in [2.24, 2.45) is 0 Å². The minimum Gasteiger partial charge on any atom is -0.339 e. The Hall–Kier alpha value is -1.57. The van der Waals surface area contributed by atoms with Gasteiger partial charge in [-0.15, -0.1) is 0 Å². The molecule has 90 valence electrons. The number of nitrogens with one attached hydrogen (secondary N) is 1. The van der Waals surface area contributed by atoms with Crippen LogP contribution in [0.15, 0.2) is 34.9 Å². The van der Waals surface area contributed by atoms with Gasteiger partial charge in [0.15, 0.2) is 0 Å². The zero-order valence-electron chi connectivity index (χ0n) is 9.54. The van der Waals surface area contributed by atoms with Crippen molar-refractivity contribution in [3.8, 4) is 6.07 Å². The van der Waals surface area contributed by atoms with Crippen molar-refractivity contribution in [3.63, 3.8) is 0 Å². The third-order valence-corrected chi connectivity index (χ3v) is 3.46. The minimum absolute atomic E-state index is 0.557. The summed E-state index contributed by atoms with van der Waals surface area (Å²) >= 11 is 9.54. The van der Waals surface area contributed by atoms with Crippen LogP contribution in [0.3, 0.4) is 0 Å². The fourth-order valence-electron chi connectivity index (χ4n) is 1.45. The molecule has 0 aliphatic carbocycles. The molecule has 0 spiro atoms. The SMILES string of the molecule is Cc1cc(Br)c(Nc2cc(C#N)ccn2)cc1Cl. The van der Waals surface area contributed by atoms with E-state index in [1.165, 1.54) is 0 Å². The first-order valence-electron chi connectivity index (χ1n) is 5.19. The van der Waals surface area contributed by atoms with E-state index in [0.29, 0.717) is 16.4 Å². The fourth-order valence-corrected chi connectivity index (χ4v) is 2.17. The summed E-state index contributed by atoms with van der Waals surface area (Å²) < 4.78 is 0.897. The van der Waals surface area contributed by atoms with Crippen LogP contribution in [0.4, 0.5) is 11.5 Å². The second-order valence-corrected chi connectivity index (χ2v) is 5.01. The molecule has 2 aromatic rings. The average molecular weight is 323 g/mol. The fraction of sp³-hybridized carbons (Fsp3) is 0.0769. The lowest BCUT2D eigenvalue weighted by Gasteiger charge is -2.10. The van der Waals surface area contributed by atoms with Crippen LogP contribution in [0.5, 0.6) is 0 Å². The van der Waals surface area contributed by atoms with E-state index in [0.717, 1.165) is 15.7 Å². The van der Waals surface area contributed by atoms with Gasteiger partial charge in [-0.25, -0.2) is 4.98 Å². The van der Waals surface area contributed by atoms with Crippen molar-refractivity contribution >= 4 is 39.0 Å². The highest BCUT2D eigenvalue weighted by Crippen LogP contribution is 2.30. The van der Waals surface area contributed by atoms with Crippen molar-refractivity contribution in [2.75, 3.05) is 5.32 Å². The molecule has 0 aliphatic rings. The molecule has 0 fully saturated rings. The van der Waals surface area contributed by atoms with Crippen molar-refractivity contribution < 1.29 is 0 Å². The van der Waals surface area contributed by atoms with Gasteiger partial charge in [0.05, 0.1) is 17.3 Å². The Kier molecular flexibility index (Phi) is 3.85. The lowest BCUT2D eigenvalue weighted by atomic mass is 10.2. The highest BCUT2D eigenvalue weighted by Gasteiger charge is 2.05. The third-order valence-electron chi connectivity index (χ3n) is 2.40. The molecule has 0 saturated carbocycles. The van der Waals surface area contributed by atoms with Gasteiger partial charge in [-0.3, -0.25) is 0 Å². The molecule has 1 N–H and O–H groups in total. The van der Waals surface area contributed by atoms with E-state index >= 15 is 0 Å². The van der Waals surface area contributed by atoms with Crippen LogP contribution < -0.4 is 5.32 Å². The van der Waals surface area contributed by atoms with Gasteiger partial charge in [-0.05, 0) is 52.7 Å². The van der Waals surface area contributed by atoms with Gasteiger partial charge in [-0.2, -0.15) is 5.26 Å². The molecular weight excluding hydrogens is 314 g/mol. The van der Waals surface area contributed by atoms with Gasteiger partial charge in [0, 0.05) is 15.7 Å². The molecule has 18 heavy (non-hydrogen) atoms. The molecule has 3 nitrogen and oxygen atoms in total. The largest absolute Gasteiger partial charge is 0.339 e. The van der Waals surface area contributed by atoms with E-state index in [2.05, 4.69) is 32.3 Å². The number of rotatable bonds is 2. The number of aromatic nitrogens is 1. The summed E-state index contributed by atoms with van der Waals surface area (Å²) in [6, 6.07) is 9.16. The van der Waals surface area contributed by atoms with Crippen molar-refractivity contribution in [3.05, 3.63) is 51.1 Å². The first-order valence-corrected chi connectivity index (χ1v) is 6.36. The van der Waals surface area contributed by atoms with Crippen molar-refractivity contribution in [1.29, 1.82) is 5.26 Å². The Morgan fingerprint density at radius 1 is 1.39 bits per heavy atom. The number of hydrogen-bond donors (Lipinski definition) is 1. The monoisotopic (exact) mass is 321 g/mol. The summed E-state index contributed by atoms with van der Waals surface area (Å²) in [7, 11) is 0. The van der Waals surface area contributed by atoms with Crippen LogP contribution in [-0.2, 0) is 0 Å². The van der Waals surface area contributed by atoms with Crippen LogP contribution in [0.2, 0.25) is 5.02 Å². The Morgan fingerprint density at radius 3 is 2.89 bits per heavy atom. The normalized spacial score (nSPS) is 9.89. The molecular formula is C13H9BrClN3. The highest BCUT2D eigenvalue weighted by atomic mass is 79.9. The van der Waals surface area contributed by atoms with Gasteiger partial charge < -0.3 is 5.32 Å². The van der Waals surface area contributed by atoms with Gasteiger partial charge in [0.1, 0.15) is 5.82 Å². The van der Waals surface area contributed by atoms with E-state index in [1.807, 2.05) is 19.1 Å². The quantitative estimate of drug-likeness (QED) is 0.890. The summed E-state index contributed by atoms with van der Waals surface area (Å²) in [5, 5.41) is 12.6. The predicted octanol–water partition coefficient (Wildman–Crippen LogP) is 4.42. The number of hydrogen-bond acceptors (Lipinski definition) is 3. The summed E-state index contributed by atoms with van der Waals surface area (Å²) in [5.41, 5.74) is 2.36. The van der Waals surface area contributed by atoms with E-state index in [1.54, 1.807) is 18.3 Å². The lowest BCUT2D eigenvalue weighted by molar-refractivity contribution is 1.29. The van der Waals surface area contributed by atoms with Gasteiger partial charge >= 0.3 is 0 Å². The lowest BCUT2D eigenvalue weighted by Crippen LogP contribution is -1.95. The number of nitriles is 1. The highest BCUT2D eigenvalue weighted by molar-refractivity contribution is 9.10. The maximum atomic E-state index is 8.83. The molecule has 2 rings (SSSR count). The number of halogens is 2. The smallest absolute Gasteiger partial charge is 0.131 e. The standard InChI is InChI=1S/C13H9BrClN3/c1-8-4-10(14)12(6-11(8)15)18-13-5-9(7-16)2-3-17-13/h2-6H,1H3,(H,17,18). The zero-order chi connectivity index (χ0) is 13.1. The van der Waals surface area contributed by atoms with Crippen molar-refractivity contribution in [1.82, 2.24) is 4.98 Å². The number of pyridine rings is 1. The first-order chi connectivity index (χ1) is 8.60. The van der Waals surface area contributed by atoms with Crippen LogP contribution in [0, 0.1) is 18.3 Å². The molecule has 1 aromatic heterocycles. The number of anilines is 2. The van der Waals surface area contributed by atoms with Crippen LogP contribution >= 0.6 is 27.5 Å². The summed E-state index contributed by atoms with van der Waals surface area (Å²) in [6.45, 7) is 1.94. The second-order valence-electron chi connectivity index (χ2n) is 3.75. The van der Waals surface area contributed by atoms with E-state index in [9.17, 15) is 0 Å². The van der Waals surface area contributed by atoms with Crippen LogP contribution in [-0.4, -0.2) is 4.98 Å². The molecule has 0 bridgehead atoms. The molecule has 0 aliphatic heterocycles. The molecule has 0 saturated heterocycles. The predicted molar refractivity (Wildman–Crippen MR) is 76.1 cm³/mol. The number of aryl methyl sites for hydroxylation is 1. The van der Waals surface area contributed by atoms with E-state index < -0.39 is 0 Å². The molecule has 1 heterocycles. The topological polar surface area (TPSA) is 48.7 Å². The van der Waals surface area contributed by atoms with Gasteiger partial charge in [0.2, 0.25) is 0 Å². The molecule has 0 unspecified atom stereocenters. The zero-order valence-corrected chi connectivity index (χ0v) is 11.9. The van der Waals surface area contributed by atoms with Gasteiger partial charge in [0.25, 0.3) is 0 Å². The number of nitrogens with zero attached hydrogens (tertiary/aromatic N) is 2. The van der Waals surface area contributed by atoms with Crippen molar-refractivity contribution in [2.45, 2.75) is 6.92 Å². The molecule has 1 aromatic carbocycles. The average Bonchev–Trinajstić information content (AvgIpc) is 2.36. The molecule has 0 radical (unpaired) electrons. The summed E-state index contributed by atoms with van der Waals surface area (Å²) in [5.74, 6) is 0.606. The van der Waals surface area contributed by atoms with Crippen LogP contribution in [0.1, 0.15) is 11.1 Å². The van der Waals surface area contributed by atoms with E-state index in [4.69, 9.17) is 16.9 Å². The Bertz CT molecular complexity index is 635. The third kappa shape index (κ3) is 2.81. The summed E-state index contributed by atoms with van der Waals surface area (Å²) in [6.07, 6.45) is 1.59. The first kappa shape index (κ1) is 12.9. The maximum absolute atomic E-state index is 8.83. The van der Waals surface area contributed by atoms with Gasteiger partial charge in [-0.1, -0.05) is 11.6 Å². The minimum atomic E-state index is 0.557. The number of benzene rings is 1. The second kappa shape index (κ2) is 5.38. The van der Waals surface area contributed by atoms with Crippen LogP contribution in [0.25, 0.3) is 0 Å². The Morgan fingerprint density at radius 2 is 2.17 bits per heavy atom. The summed E-state index contributed by atoms with van der Waals surface area (Å²) in [4.78, 5) is 4.15. The molecule has 0 atom stereocenters. The van der Waals surface area contributed by atoms with E-state index in [-0.39, 0.29) is 0 Å². The molecule has 0 amide bonds. The Balaban J connectivity index is 2.34. The Labute approximate surface area is 119 Å². The molecule has 5 heteroatoms.